The van der Waals surface area contributed by atoms with Gasteiger partial charge in [0.15, 0.2) is 0 Å². The van der Waals surface area contributed by atoms with Crippen LogP contribution in [0.15, 0.2) is 36.8 Å². The van der Waals surface area contributed by atoms with E-state index in [4.69, 9.17) is 4.74 Å². The zero-order valence-electron chi connectivity index (χ0n) is 14.7. The standard InChI is InChI=1S/C18H22N6O2/c1-13(25)15-3-5-17(6-4-15)26-11-16-10-24(22-20-16)9-14-2-7-18-21-19-12-23(18)8-14/h3-6,10,12-14,25H,2,7-9,11H2,1H3. The van der Waals surface area contributed by atoms with Gasteiger partial charge in [-0.05, 0) is 37.0 Å². The van der Waals surface area contributed by atoms with Crippen molar-refractivity contribution in [3.05, 3.63) is 53.9 Å². The van der Waals surface area contributed by atoms with Crippen LogP contribution in [0.3, 0.4) is 0 Å². The van der Waals surface area contributed by atoms with Gasteiger partial charge in [0.05, 0.1) is 12.3 Å². The summed E-state index contributed by atoms with van der Waals surface area (Å²) in [5.41, 5.74) is 1.66. The lowest BCUT2D eigenvalue weighted by Crippen LogP contribution is -2.24. The number of aliphatic hydroxyl groups is 1. The number of aryl methyl sites for hydroxylation is 1. The molecule has 1 aromatic carbocycles. The molecule has 2 unspecified atom stereocenters. The highest BCUT2D eigenvalue weighted by molar-refractivity contribution is 5.28. The molecule has 0 amide bonds. The maximum atomic E-state index is 9.53. The number of aromatic nitrogens is 6. The molecule has 4 rings (SSSR count). The molecule has 1 N–H and O–H groups in total. The molecule has 0 saturated carbocycles. The molecule has 0 aliphatic carbocycles. The number of aliphatic hydroxyl groups excluding tert-OH is 1. The van der Waals surface area contributed by atoms with Crippen molar-refractivity contribution < 1.29 is 9.84 Å². The van der Waals surface area contributed by atoms with Crippen LogP contribution in [-0.2, 0) is 26.1 Å². The van der Waals surface area contributed by atoms with Crippen molar-refractivity contribution >= 4 is 0 Å². The van der Waals surface area contributed by atoms with Crippen molar-refractivity contribution in [1.82, 2.24) is 29.8 Å². The quantitative estimate of drug-likeness (QED) is 0.725. The second kappa shape index (κ2) is 7.25. The molecule has 26 heavy (non-hydrogen) atoms. The largest absolute Gasteiger partial charge is 0.487 e. The second-order valence-corrected chi connectivity index (χ2v) is 6.77. The molecule has 0 fully saturated rings. The highest BCUT2D eigenvalue weighted by Crippen LogP contribution is 2.20. The van der Waals surface area contributed by atoms with Crippen LogP contribution in [0, 0.1) is 5.92 Å². The van der Waals surface area contributed by atoms with Crippen LogP contribution in [0.1, 0.15) is 36.5 Å². The molecule has 1 aliphatic rings. The van der Waals surface area contributed by atoms with Crippen LogP contribution in [0.25, 0.3) is 0 Å². The van der Waals surface area contributed by atoms with Gasteiger partial charge in [0, 0.05) is 19.5 Å². The Labute approximate surface area is 151 Å². The predicted octanol–water partition coefficient (Wildman–Crippen LogP) is 1.76. The van der Waals surface area contributed by atoms with Crippen molar-refractivity contribution in [1.29, 1.82) is 0 Å². The fourth-order valence-corrected chi connectivity index (χ4v) is 3.23. The molecule has 0 radical (unpaired) electrons. The summed E-state index contributed by atoms with van der Waals surface area (Å²) in [5.74, 6) is 2.31. The predicted molar refractivity (Wildman–Crippen MR) is 93.3 cm³/mol. The van der Waals surface area contributed by atoms with E-state index in [-0.39, 0.29) is 0 Å². The first-order valence-electron chi connectivity index (χ1n) is 8.84. The molecule has 3 heterocycles. The van der Waals surface area contributed by atoms with E-state index in [2.05, 4.69) is 25.1 Å². The average molecular weight is 354 g/mol. The minimum absolute atomic E-state index is 0.369. The van der Waals surface area contributed by atoms with Crippen molar-refractivity contribution in [3.63, 3.8) is 0 Å². The van der Waals surface area contributed by atoms with Gasteiger partial charge in [0.1, 0.15) is 30.2 Å². The normalized spacial score (nSPS) is 17.7. The molecule has 2 aromatic heterocycles. The number of nitrogens with zero attached hydrogens (tertiary/aromatic N) is 6. The Balaban J connectivity index is 1.31. The Hall–Kier alpha value is -2.74. The van der Waals surface area contributed by atoms with Gasteiger partial charge in [-0.2, -0.15) is 0 Å². The number of benzene rings is 1. The zero-order valence-corrected chi connectivity index (χ0v) is 14.7. The third-order valence-electron chi connectivity index (χ3n) is 4.71. The smallest absolute Gasteiger partial charge is 0.134 e. The van der Waals surface area contributed by atoms with Crippen LogP contribution in [0.2, 0.25) is 0 Å². The topological polar surface area (TPSA) is 90.9 Å². The van der Waals surface area contributed by atoms with Crippen molar-refractivity contribution in [2.45, 2.75) is 45.6 Å². The minimum Gasteiger partial charge on any atom is -0.487 e. The van der Waals surface area contributed by atoms with Gasteiger partial charge in [-0.3, -0.25) is 4.68 Å². The Morgan fingerprint density at radius 2 is 2.12 bits per heavy atom. The third-order valence-corrected chi connectivity index (χ3v) is 4.71. The fraction of sp³-hybridized carbons (Fsp3) is 0.444. The van der Waals surface area contributed by atoms with E-state index in [0.717, 1.165) is 48.8 Å². The summed E-state index contributed by atoms with van der Waals surface area (Å²) in [6.07, 6.45) is 5.30. The van der Waals surface area contributed by atoms with Gasteiger partial charge in [0.25, 0.3) is 0 Å². The molecule has 0 bridgehead atoms. The zero-order chi connectivity index (χ0) is 17.9. The number of hydrogen-bond acceptors (Lipinski definition) is 6. The first kappa shape index (κ1) is 16.7. The summed E-state index contributed by atoms with van der Waals surface area (Å²) < 4.78 is 9.75. The number of ether oxygens (including phenoxy) is 1. The maximum Gasteiger partial charge on any atom is 0.134 e. The van der Waals surface area contributed by atoms with E-state index in [9.17, 15) is 5.11 Å². The van der Waals surface area contributed by atoms with Gasteiger partial charge >= 0.3 is 0 Å². The first-order chi connectivity index (χ1) is 12.7. The average Bonchev–Trinajstić information content (AvgIpc) is 3.29. The van der Waals surface area contributed by atoms with Crippen LogP contribution in [0.5, 0.6) is 5.75 Å². The van der Waals surface area contributed by atoms with E-state index in [1.807, 2.05) is 35.1 Å². The lowest BCUT2D eigenvalue weighted by molar-refractivity contribution is 0.199. The van der Waals surface area contributed by atoms with Gasteiger partial charge < -0.3 is 14.4 Å². The highest BCUT2D eigenvalue weighted by Gasteiger charge is 2.20. The van der Waals surface area contributed by atoms with E-state index in [0.29, 0.717) is 12.5 Å². The molecule has 136 valence electrons. The highest BCUT2D eigenvalue weighted by atomic mass is 16.5. The second-order valence-electron chi connectivity index (χ2n) is 6.77. The minimum atomic E-state index is -0.474. The van der Waals surface area contributed by atoms with Gasteiger partial charge in [-0.25, -0.2) is 0 Å². The molecule has 3 aromatic rings. The van der Waals surface area contributed by atoms with E-state index in [1.165, 1.54) is 0 Å². The first-order valence-corrected chi connectivity index (χ1v) is 8.84. The van der Waals surface area contributed by atoms with Crippen molar-refractivity contribution in [2.75, 3.05) is 0 Å². The third kappa shape index (κ3) is 3.75. The fourth-order valence-electron chi connectivity index (χ4n) is 3.23. The van der Waals surface area contributed by atoms with Gasteiger partial charge in [0.2, 0.25) is 0 Å². The van der Waals surface area contributed by atoms with Crippen LogP contribution in [0.4, 0.5) is 0 Å². The van der Waals surface area contributed by atoms with Crippen LogP contribution in [-0.4, -0.2) is 34.9 Å². The molecule has 1 aliphatic heterocycles. The Kier molecular flexibility index (Phi) is 4.66. The number of rotatable bonds is 6. The summed E-state index contributed by atoms with van der Waals surface area (Å²) in [6.45, 7) is 3.86. The molecule has 8 nitrogen and oxygen atoms in total. The Morgan fingerprint density at radius 3 is 2.92 bits per heavy atom. The van der Waals surface area contributed by atoms with Gasteiger partial charge in [-0.1, -0.05) is 17.3 Å². The number of fused-ring (bicyclic) bond motifs is 1. The summed E-state index contributed by atoms with van der Waals surface area (Å²) in [7, 11) is 0. The van der Waals surface area contributed by atoms with E-state index in [1.54, 1.807) is 13.3 Å². The summed E-state index contributed by atoms with van der Waals surface area (Å²) in [5, 5.41) is 26.0. The summed E-state index contributed by atoms with van der Waals surface area (Å²) >= 11 is 0. The van der Waals surface area contributed by atoms with Crippen LogP contribution >= 0.6 is 0 Å². The maximum absolute atomic E-state index is 9.53. The lowest BCUT2D eigenvalue weighted by Gasteiger charge is -2.22. The van der Waals surface area contributed by atoms with E-state index >= 15 is 0 Å². The monoisotopic (exact) mass is 354 g/mol. The Bertz CT molecular complexity index is 855. The summed E-state index contributed by atoms with van der Waals surface area (Å²) in [4.78, 5) is 0. The molecule has 8 heteroatoms. The molecule has 0 saturated heterocycles. The molecule has 2 atom stereocenters. The van der Waals surface area contributed by atoms with Crippen LogP contribution < -0.4 is 4.74 Å². The van der Waals surface area contributed by atoms with Gasteiger partial charge in [-0.15, -0.1) is 15.3 Å². The Morgan fingerprint density at radius 1 is 1.27 bits per heavy atom. The van der Waals surface area contributed by atoms with Crippen molar-refractivity contribution in [2.24, 2.45) is 5.92 Å². The summed E-state index contributed by atoms with van der Waals surface area (Å²) in [6, 6.07) is 7.43. The molecule has 0 spiro atoms. The molecular weight excluding hydrogens is 332 g/mol. The molecular formula is C18H22N6O2. The lowest BCUT2D eigenvalue weighted by atomic mass is 9.99. The SMILES string of the molecule is CC(O)c1ccc(OCc2cn(CC3CCc4nncn4C3)nn2)cc1. The van der Waals surface area contributed by atoms with Crippen molar-refractivity contribution in [3.8, 4) is 5.75 Å². The number of hydrogen-bond donors (Lipinski definition) is 1. The van der Waals surface area contributed by atoms with E-state index < -0.39 is 6.10 Å².